The number of rotatable bonds is 3. The zero-order valence-electron chi connectivity index (χ0n) is 12.4. The highest BCUT2D eigenvalue weighted by Crippen LogP contribution is 2.26. The Labute approximate surface area is 124 Å². The quantitative estimate of drug-likeness (QED) is 0.892. The van der Waals surface area contributed by atoms with Crippen LogP contribution in [0.15, 0.2) is 18.2 Å². The number of piperidine rings is 1. The second-order valence-corrected chi connectivity index (χ2v) is 6.11. The molecule has 114 valence electrons. The van der Waals surface area contributed by atoms with Crippen molar-refractivity contribution >= 4 is 11.6 Å². The number of nitrogens with zero attached hydrogens (tertiary/aromatic N) is 1. The highest BCUT2D eigenvalue weighted by atomic mass is 19.1. The lowest BCUT2D eigenvalue weighted by Crippen LogP contribution is -2.48. The van der Waals surface area contributed by atoms with Crippen molar-refractivity contribution in [3.8, 4) is 0 Å². The molecule has 0 aromatic heterocycles. The van der Waals surface area contributed by atoms with Crippen molar-refractivity contribution in [2.75, 3.05) is 31.5 Å². The van der Waals surface area contributed by atoms with Crippen LogP contribution >= 0.6 is 0 Å². The smallest absolute Gasteiger partial charge is 0.238 e. The zero-order chi connectivity index (χ0) is 14.8. The Kier molecular flexibility index (Phi) is 4.22. The lowest BCUT2D eigenvalue weighted by Gasteiger charge is -2.36. The van der Waals surface area contributed by atoms with Crippen LogP contribution in [0.3, 0.4) is 0 Å². The fourth-order valence-corrected chi connectivity index (χ4v) is 3.46. The van der Waals surface area contributed by atoms with E-state index in [1.165, 1.54) is 18.6 Å². The van der Waals surface area contributed by atoms with Gasteiger partial charge >= 0.3 is 0 Å². The number of benzene rings is 1. The second-order valence-electron chi connectivity index (χ2n) is 6.11. The van der Waals surface area contributed by atoms with Gasteiger partial charge < -0.3 is 10.6 Å². The summed E-state index contributed by atoms with van der Waals surface area (Å²) in [5.74, 6) is 0.285. The number of fused-ring (bicyclic) bond motifs is 1. The van der Waals surface area contributed by atoms with Crippen LogP contribution in [-0.4, -0.2) is 43.0 Å². The third kappa shape index (κ3) is 3.24. The number of anilines is 1. The van der Waals surface area contributed by atoms with E-state index in [-0.39, 0.29) is 11.7 Å². The molecule has 4 nitrogen and oxygen atoms in total. The molecule has 1 aromatic carbocycles. The molecule has 5 heteroatoms. The molecular weight excluding hydrogens is 269 g/mol. The first-order chi connectivity index (χ1) is 10.1. The monoisotopic (exact) mass is 291 g/mol. The van der Waals surface area contributed by atoms with E-state index in [2.05, 4.69) is 15.5 Å². The molecule has 1 amide bonds. The number of amides is 1. The molecular formula is C16H22FN3O. The molecule has 2 N–H and O–H groups in total. The molecule has 2 atom stereocenters. The molecule has 0 aliphatic carbocycles. The first-order valence-corrected chi connectivity index (χ1v) is 7.64. The number of carbonyl (C=O) groups excluding carboxylic acids is 1. The maximum atomic E-state index is 13.3. The Morgan fingerprint density at radius 1 is 1.48 bits per heavy atom. The zero-order valence-corrected chi connectivity index (χ0v) is 12.4. The van der Waals surface area contributed by atoms with E-state index in [1.54, 1.807) is 6.07 Å². The third-order valence-corrected chi connectivity index (χ3v) is 4.61. The van der Waals surface area contributed by atoms with E-state index < -0.39 is 0 Å². The van der Waals surface area contributed by atoms with Crippen LogP contribution in [0.4, 0.5) is 10.1 Å². The van der Waals surface area contributed by atoms with Crippen molar-refractivity contribution in [3.05, 3.63) is 29.6 Å². The van der Waals surface area contributed by atoms with Crippen LogP contribution in [-0.2, 0) is 4.79 Å². The van der Waals surface area contributed by atoms with Gasteiger partial charge in [0.2, 0.25) is 5.91 Å². The fourth-order valence-electron chi connectivity index (χ4n) is 3.46. The molecule has 2 heterocycles. The lowest BCUT2D eigenvalue weighted by atomic mass is 9.92. The van der Waals surface area contributed by atoms with Gasteiger partial charge in [0, 0.05) is 18.3 Å². The number of likely N-dealkylation sites (tertiary alicyclic amines) is 1. The van der Waals surface area contributed by atoms with E-state index in [9.17, 15) is 9.18 Å². The van der Waals surface area contributed by atoms with Crippen molar-refractivity contribution < 1.29 is 9.18 Å². The highest BCUT2D eigenvalue weighted by molar-refractivity contribution is 5.93. The van der Waals surface area contributed by atoms with Gasteiger partial charge in [-0.1, -0.05) is 6.07 Å². The maximum absolute atomic E-state index is 13.3. The molecule has 0 bridgehead atoms. The minimum absolute atomic E-state index is 0.0590. The van der Waals surface area contributed by atoms with Gasteiger partial charge in [-0.15, -0.1) is 0 Å². The summed E-state index contributed by atoms with van der Waals surface area (Å²) in [5, 5.41) is 6.25. The Hall–Kier alpha value is -1.46. The van der Waals surface area contributed by atoms with Crippen LogP contribution in [0, 0.1) is 18.7 Å². The van der Waals surface area contributed by atoms with E-state index in [4.69, 9.17) is 0 Å². The van der Waals surface area contributed by atoms with Crippen LogP contribution in [0.1, 0.15) is 18.4 Å². The summed E-state index contributed by atoms with van der Waals surface area (Å²) >= 11 is 0. The molecule has 3 rings (SSSR count). The Morgan fingerprint density at radius 3 is 3.19 bits per heavy atom. The van der Waals surface area contributed by atoms with Crippen molar-refractivity contribution in [2.45, 2.75) is 25.8 Å². The number of carbonyl (C=O) groups is 1. The summed E-state index contributed by atoms with van der Waals surface area (Å²) in [6.07, 6.45) is 2.40. The van der Waals surface area contributed by atoms with Gasteiger partial charge in [-0.2, -0.15) is 0 Å². The number of hydrogen-bond acceptors (Lipinski definition) is 3. The minimum Gasteiger partial charge on any atom is -0.325 e. The van der Waals surface area contributed by atoms with Crippen molar-refractivity contribution in [1.29, 1.82) is 0 Å². The Morgan fingerprint density at radius 2 is 2.33 bits per heavy atom. The summed E-state index contributed by atoms with van der Waals surface area (Å²) in [6.45, 7) is 5.26. The van der Waals surface area contributed by atoms with Gasteiger partial charge in [-0.3, -0.25) is 9.69 Å². The third-order valence-electron chi connectivity index (χ3n) is 4.61. The van der Waals surface area contributed by atoms with Gasteiger partial charge in [0.1, 0.15) is 5.82 Å². The molecule has 1 aromatic rings. The van der Waals surface area contributed by atoms with Gasteiger partial charge in [0.25, 0.3) is 0 Å². The SMILES string of the molecule is Cc1ccc(F)cc1NC(=O)CN1CCCC2CNCC21. The molecule has 2 aliphatic rings. The maximum Gasteiger partial charge on any atom is 0.238 e. The first-order valence-electron chi connectivity index (χ1n) is 7.64. The number of aryl methyl sites for hydroxylation is 1. The van der Waals surface area contributed by atoms with Gasteiger partial charge in [0.15, 0.2) is 0 Å². The molecule has 2 aliphatic heterocycles. The Balaban J connectivity index is 1.62. The van der Waals surface area contributed by atoms with E-state index in [0.717, 1.165) is 31.6 Å². The summed E-state index contributed by atoms with van der Waals surface area (Å²) in [4.78, 5) is 14.5. The van der Waals surface area contributed by atoms with Crippen molar-refractivity contribution in [2.24, 2.45) is 5.92 Å². The van der Waals surface area contributed by atoms with Gasteiger partial charge in [0.05, 0.1) is 6.54 Å². The van der Waals surface area contributed by atoms with Gasteiger partial charge in [-0.05, 0) is 56.5 Å². The largest absolute Gasteiger partial charge is 0.325 e. The average molecular weight is 291 g/mol. The average Bonchev–Trinajstić information content (AvgIpc) is 2.92. The Bertz CT molecular complexity index is 534. The normalized spacial score (nSPS) is 25.6. The van der Waals surface area contributed by atoms with Crippen molar-refractivity contribution in [1.82, 2.24) is 10.2 Å². The summed E-state index contributed by atoms with van der Waals surface area (Å²) in [7, 11) is 0. The molecule has 0 saturated carbocycles. The van der Waals surface area contributed by atoms with E-state index >= 15 is 0 Å². The highest BCUT2D eigenvalue weighted by Gasteiger charge is 2.35. The topological polar surface area (TPSA) is 44.4 Å². The first kappa shape index (κ1) is 14.5. The molecule has 2 fully saturated rings. The number of hydrogen-bond donors (Lipinski definition) is 2. The summed E-state index contributed by atoms with van der Waals surface area (Å²) in [5.41, 5.74) is 1.45. The fraction of sp³-hybridized carbons (Fsp3) is 0.562. The van der Waals surface area contributed by atoms with Crippen LogP contribution < -0.4 is 10.6 Å². The number of halogens is 1. The van der Waals surface area contributed by atoms with E-state index in [1.807, 2.05) is 6.92 Å². The van der Waals surface area contributed by atoms with Crippen LogP contribution in [0.25, 0.3) is 0 Å². The number of nitrogens with one attached hydrogen (secondary N) is 2. The van der Waals surface area contributed by atoms with Crippen molar-refractivity contribution in [3.63, 3.8) is 0 Å². The predicted molar refractivity (Wildman–Crippen MR) is 80.7 cm³/mol. The summed E-state index contributed by atoms with van der Waals surface area (Å²) < 4.78 is 13.3. The standard InChI is InChI=1S/C16H22FN3O/c1-11-4-5-13(17)7-14(11)19-16(21)10-20-6-2-3-12-8-18-9-15(12)20/h4-5,7,12,15,18H,2-3,6,8-10H2,1H3,(H,19,21). The molecule has 2 unspecified atom stereocenters. The van der Waals surface area contributed by atoms with Crippen LogP contribution in [0.2, 0.25) is 0 Å². The van der Waals surface area contributed by atoms with E-state index in [0.29, 0.717) is 24.2 Å². The minimum atomic E-state index is -0.325. The molecule has 2 saturated heterocycles. The lowest BCUT2D eigenvalue weighted by molar-refractivity contribution is -0.118. The molecule has 0 spiro atoms. The molecule has 21 heavy (non-hydrogen) atoms. The summed E-state index contributed by atoms with van der Waals surface area (Å²) in [6, 6.07) is 4.94. The van der Waals surface area contributed by atoms with Gasteiger partial charge in [-0.25, -0.2) is 4.39 Å². The van der Waals surface area contributed by atoms with Crippen LogP contribution in [0.5, 0.6) is 0 Å². The molecule has 0 radical (unpaired) electrons. The second kappa shape index (κ2) is 6.12. The predicted octanol–water partition coefficient (Wildman–Crippen LogP) is 1.76.